The third-order valence-corrected chi connectivity index (χ3v) is 4.97. The highest BCUT2D eigenvalue weighted by molar-refractivity contribution is 6.46. The summed E-state index contributed by atoms with van der Waals surface area (Å²) in [7, 11) is 3.05. The molecular formula is C22H23NO6. The van der Waals surface area contributed by atoms with E-state index in [1.54, 1.807) is 44.4 Å². The molecule has 1 amide bonds. The van der Waals surface area contributed by atoms with Gasteiger partial charge in [-0.05, 0) is 48.4 Å². The van der Waals surface area contributed by atoms with Gasteiger partial charge in [-0.2, -0.15) is 0 Å². The topological polar surface area (TPSA) is 96.3 Å². The van der Waals surface area contributed by atoms with E-state index in [9.17, 15) is 19.8 Å². The van der Waals surface area contributed by atoms with Crippen molar-refractivity contribution in [2.45, 2.75) is 13.0 Å². The van der Waals surface area contributed by atoms with Crippen LogP contribution >= 0.6 is 0 Å². The Balaban J connectivity index is 2.17. The average Bonchev–Trinajstić information content (AvgIpc) is 2.96. The Labute approximate surface area is 168 Å². The Morgan fingerprint density at radius 2 is 1.79 bits per heavy atom. The third-order valence-electron chi connectivity index (χ3n) is 4.97. The molecule has 1 saturated heterocycles. The number of nitrogens with zero attached hydrogens (tertiary/aromatic N) is 1. The number of amides is 1. The van der Waals surface area contributed by atoms with Gasteiger partial charge in [-0.15, -0.1) is 0 Å². The number of aryl methyl sites for hydroxylation is 1. The van der Waals surface area contributed by atoms with Gasteiger partial charge in [-0.1, -0.05) is 12.1 Å². The molecule has 2 aromatic rings. The highest BCUT2D eigenvalue weighted by atomic mass is 16.5. The molecule has 0 aromatic heterocycles. The van der Waals surface area contributed by atoms with Crippen LogP contribution < -0.4 is 4.74 Å². The SMILES string of the molecule is COCCN1C(=O)C(=O)C(=C(O)c2ccc(OC)cc2C)[C@H]1c1ccc(O)cc1. The Hall–Kier alpha value is -3.32. The van der Waals surface area contributed by atoms with Crippen molar-refractivity contribution in [2.75, 3.05) is 27.4 Å². The summed E-state index contributed by atoms with van der Waals surface area (Å²) in [6.45, 7) is 2.21. The standard InChI is InChI=1S/C22H23NO6/c1-13-12-16(29-3)8-9-17(13)20(25)18-19(14-4-6-15(24)7-5-14)23(10-11-28-2)22(27)21(18)26/h4-9,12,19,24-25H,10-11H2,1-3H3/t19-/m1/s1. The van der Waals surface area contributed by atoms with Crippen LogP contribution in [0.5, 0.6) is 11.5 Å². The number of phenolic OH excluding ortho intramolecular Hbond substituents is 1. The molecule has 0 spiro atoms. The van der Waals surface area contributed by atoms with E-state index in [2.05, 4.69) is 0 Å². The average molecular weight is 397 g/mol. The summed E-state index contributed by atoms with van der Waals surface area (Å²) in [5.74, 6) is -1.02. The molecule has 152 valence electrons. The minimum Gasteiger partial charge on any atom is -0.508 e. The van der Waals surface area contributed by atoms with Crippen molar-refractivity contribution in [1.82, 2.24) is 4.90 Å². The number of benzene rings is 2. The van der Waals surface area contributed by atoms with Gasteiger partial charge < -0.3 is 24.6 Å². The molecule has 1 aliphatic rings. The molecule has 1 aliphatic heterocycles. The van der Waals surface area contributed by atoms with Gasteiger partial charge in [0, 0.05) is 19.2 Å². The predicted octanol–water partition coefficient (Wildman–Crippen LogP) is 2.78. The number of hydrogen-bond acceptors (Lipinski definition) is 6. The lowest BCUT2D eigenvalue weighted by atomic mass is 9.94. The Bertz CT molecular complexity index is 964. The number of ketones is 1. The van der Waals surface area contributed by atoms with E-state index < -0.39 is 17.7 Å². The van der Waals surface area contributed by atoms with Crippen molar-refractivity contribution >= 4 is 17.4 Å². The first-order valence-electron chi connectivity index (χ1n) is 9.10. The zero-order valence-corrected chi connectivity index (χ0v) is 16.5. The predicted molar refractivity (Wildman–Crippen MR) is 107 cm³/mol. The van der Waals surface area contributed by atoms with E-state index in [1.165, 1.54) is 24.1 Å². The number of likely N-dealkylation sites (tertiary alicyclic amines) is 1. The minimum atomic E-state index is -0.785. The number of phenols is 1. The van der Waals surface area contributed by atoms with Crippen LogP contribution in [0.25, 0.3) is 5.76 Å². The number of aliphatic hydroxyl groups excluding tert-OH is 1. The number of ether oxygens (including phenoxy) is 2. The fourth-order valence-electron chi connectivity index (χ4n) is 3.48. The summed E-state index contributed by atoms with van der Waals surface area (Å²) in [6, 6.07) is 10.5. The lowest BCUT2D eigenvalue weighted by Gasteiger charge is -2.25. The first-order chi connectivity index (χ1) is 13.9. The van der Waals surface area contributed by atoms with E-state index in [4.69, 9.17) is 9.47 Å². The summed E-state index contributed by atoms with van der Waals surface area (Å²) >= 11 is 0. The second kappa shape index (κ2) is 8.36. The molecule has 2 aromatic carbocycles. The second-order valence-corrected chi connectivity index (χ2v) is 6.76. The van der Waals surface area contributed by atoms with Crippen molar-refractivity contribution in [2.24, 2.45) is 0 Å². The van der Waals surface area contributed by atoms with Crippen LogP contribution in [0.15, 0.2) is 48.0 Å². The first kappa shape index (κ1) is 20.4. The van der Waals surface area contributed by atoms with Gasteiger partial charge in [-0.25, -0.2) is 0 Å². The van der Waals surface area contributed by atoms with Crippen LogP contribution in [-0.4, -0.2) is 54.2 Å². The van der Waals surface area contributed by atoms with Crippen LogP contribution in [0, 0.1) is 6.92 Å². The van der Waals surface area contributed by atoms with Gasteiger partial charge in [0.25, 0.3) is 11.7 Å². The Kier molecular flexibility index (Phi) is 5.89. The quantitative estimate of drug-likeness (QED) is 0.442. The maximum atomic E-state index is 12.9. The summed E-state index contributed by atoms with van der Waals surface area (Å²) in [5, 5.41) is 20.6. The molecule has 3 rings (SSSR count). The van der Waals surface area contributed by atoms with Crippen molar-refractivity contribution < 1.29 is 29.3 Å². The van der Waals surface area contributed by atoms with Gasteiger partial charge in [0.2, 0.25) is 0 Å². The van der Waals surface area contributed by atoms with E-state index in [0.29, 0.717) is 22.4 Å². The Morgan fingerprint density at radius 3 is 2.38 bits per heavy atom. The summed E-state index contributed by atoms with van der Waals surface area (Å²) < 4.78 is 10.3. The molecule has 1 fully saturated rings. The van der Waals surface area contributed by atoms with Gasteiger partial charge in [-0.3, -0.25) is 9.59 Å². The number of aliphatic hydroxyl groups is 1. The maximum absolute atomic E-state index is 12.9. The van der Waals surface area contributed by atoms with Gasteiger partial charge in [0.15, 0.2) is 0 Å². The molecule has 0 aliphatic carbocycles. The number of aromatic hydroxyl groups is 1. The number of rotatable bonds is 6. The number of methoxy groups -OCH3 is 2. The molecule has 7 heteroatoms. The fourth-order valence-corrected chi connectivity index (χ4v) is 3.48. The highest BCUT2D eigenvalue weighted by Crippen LogP contribution is 2.40. The monoisotopic (exact) mass is 397 g/mol. The maximum Gasteiger partial charge on any atom is 0.295 e. The second-order valence-electron chi connectivity index (χ2n) is 6.76. The normalized spacial score (nSPS) is 18.3. The smallest absolute Gasteiger partial charge is 0.295 e. The van der Waals surface area contributed by atoms with Crippen LogP contribution in [-0.2, 0) is 14.3 Å². The van der Waals surface area contributed by atoms with Crippen LogP contribution in [0.3, 0.4) is 0 Å². The number of carbonyl (C=O) groups excluding carboxylic acids is 2. The fraction of sp³-hybridized carbons (Fsp3) is 0.273. The molecule has 2 N–H and O–H groups in total. The first-order valence-corrected chi connectivity index (χ1v) is 9.10. The lowest BCUT2D eigenvalue weighted by Crippen LogP contribution is -2.32. The van der Waals surface area contributed by atoms with Crippen molar-refractivity contribution in [1.29, 1.82) is 0 Å². The van der Waals surface area contributed by atoms with E-state index >= 15 is 0 Å². The molecular weight excluding hydrogens is 374 g/mol. The minimum absolute atomic E-state index is 0.00468. The van der Waals surface area contributed by atoms with E-state index in [0.717, 1.165) is 0 Å². The molecule has 29 heavy (non-hydrogen) atoms. The molecule has 1 atom stereocenters. The Morgan fingerprint density at radius 1 is 1.10 bits per heavy atom. The summed E-state index contributed by atoms with van der Waals surface area (Å²) in [5.41, 5.74) is 1.75. The lowest BCUT2D eigenvalue weighted by molar-refractivity contribution is -0.140. The van der Waals surface area contributed by atoms with Gasteiger partial charge in [0.05, 0.1) is 25.3 Å². The third kappa shape index (κ3) is 3.82. The number of Topliss-reactive ketones (excluding diaryl/α,β-unsaturated/α-hetero) is 1. The zero-order chi connectivity index (χ0) is 21.1. The number of carbonyl (C=O) groups is 2. The molecule has 0 radical (unpaired) electrons. The number of hydrogen-bond donors (Lipinski definition) is 2. The van der Waals surface area contributed by atoms with E-state index in [1.807, 2.05) is 0 Å². The van der Waals surface area contributed by atoms with Crippen molar-refractivity contribution in [3.05, 3.63) is 64.7 Å². The molecule has 1 heterocycles. The van der Waals surface area contributed by atoms with Crippen LogP contribution in [0.2, 0.25) is 0 Å². The summed E-state index contributed by atoms with van der Waals surface area (Å²) in [4.78, 5) is 26.9. The highest BCUT2D eigenvalue weighted by Gasteiger charge is 2.45. The molecule has 7 nitrogen and oxygen atoms in total. The molecule has 0 unspecified atom stereocenters. The largest absolute Gasteiger partial charge is 0.508 e. The van der Waals surface area contributed by atoms with Crippen molar-refractivity contribution in [3.63, 3.8) is 0 Å². The van der Waals surface area contributed by atoms with E-state index in [-0.39, 0.29) is 30.2 Å². The van der Waals surface area contributed by atoms with Crippen LogP contribution in [0.1, 0.15) is 22.7 Å². The van der Waals surface area contributed by atoms with Crippen LogP contribution in [0.4, 0.5) is 0 Å². The van der Waals surface area contributed by atoms with Crippen molar-refractivity contribution in [3.8, 4) is 11.5 Å². The zero-order valence-electron chi connectivity index (χ0n) is 16.5. The summed E-state index contributed by atoms with van der Waals surface area (Å²) in [6.07, 6.45) is 0. The van der Waals surface area contributed by atoms with Gasteiger partial charge >= 0.3 is 0 Å². The van der Waals surface area contributed by atoms with Gasteiger partial charge in [0.1, 0.15) is 17.3 Å². The molecule has 0 saturated carbocycles. The molecule has 0 bridgehead atoms.